The lowest BCUT2D eigenvalue weighted by atomic mass is 9.98. The van der Waals surface area contributed by atoms with E-state index in [0.29, 0.717) is 19.7 Å². The average Bonchev–Trinajstić information content (AvgIpc) is 2.96. The van der Waals surface area contributed by atoms with Gasteiger partial charge in [0.15, 0.2) is 0 Å². The van der Waals surface area contributed by atoms with E-state index in [1.807, 2.05) is 0 Å². The van der Waals surface area contributed by atoms with Crippen LogP contribution in [0.5, 0.6) is 5.88 Å². The van der Waals surface area contributed by atoms with Gasteiger partial charge in [0.2, 0.25) is 5.76 Å². The Morgan fingerprint density at radius 1 is 1.55 bits per heavy atom. The summed E-state index contributed by atoms with van der Waals surface area (Å²) in [6.45, 7) is 3.06. The Morgan fingerprint density at radius 2 is 2.35 bits per heavy atom. The highest BCUT2D eigenvalue weighted by molar-refractivity contribution is 5.92. The van der Waals surface area contributed by atoms with Crippen LogP contribution in [0.4, 0.5) is 0 Å². The van der Waals surface area contributed by atoms with Crippen molar-refractivity contribution in [1.29, 1.82) is 0 Å². The molecule has 0 aromatic carbocycles. The fourth-order valence-electron chi connectivity index (χ4n) is 2.23. The Hall–Kier alpha value is -2.05. The zero-order valence-electron chi connectivity index (χ0n) is 11.6. The van der Waals surface area contributed by atoms with E-state index >= 15 is 0 Å². The van der Waals surface area contributed by atoms with Crippen LogP contribution >= 0.6 is 0 Å². The van der Waals surface area contributed by atoms with Gasteiger partial charge in [-0.2, -0.15) is 0 Å². The molecule has 1 aromatic heterocycles. The van der Waals surface area contributed by atoms with Gasteiger partial charge in [0.1, 0.15) is 0 Å². The van der Waals surface area contributed by atoms with Gasteiger partial charge in [-0.05, 0) is 24.9 Å². The first-order chi connectivity index (χ1) is 9.65. The topological polar surface area (TPSA) is 81.9 Å². The maximum atomic E-state index is 12.2. The van der Waals surface area contributed by atoms with Gasteiger partial charge in [-0.25, -0.2) is 0 Å². The highest BCUT2D eigenvalue weighted by Crippen LogP contribution is 2.21. The molecule has 1 atom stereocenters. The predicted octanol–water partition coefficient (Wildman–Crippen LogP) is 1.10. The molecule has 2 rings (SSSR count). The molecule has 7 nitrogen and oxygen atoms in total. The summed E-state index contributed by atoms with van der Waals surface area (Å²) in [6.07, 6.45) is 1.50. The second kappa shape index (κ2) is 6.40. The van der Waals surface area contributed by atoms with Crippen LogP contribution in [0, 0.1) is 5.92 Å². The van der Waals surface area contributed by atoms with Crippen molar-refractivity contribution in [2.45, 2.75) is 19.8 Å². The van der Waals surface area contributed by atoms with E-state index in [1.54, 1.807) is 11.8 Å². The summed E-state index contributed by atoms with van der Waals surface area (Å²) in [6, 6.07) is 1.44. The molecule has 1 fully saturated rings. The fraction of sp³-hybridized carbons (Fsp3) is 0.615. The highest BCUT2D eigenvalue weighted by atomic mass is 16.5. The zero-order chi connectivity index (χ0) is 14.5. The molecule has 2 heterocycles. The Bertz CT molecular complexity index is 485. The Kier molecular flexibility index (Phi) is 4.60. The van der Waals surface area contributed by atoms with Crippen molar-refractivity contribution in [1.82, 2.24) is 10.1 Å². The smallest absolute Gasteiger partial charge is 0.310 e. The van der Waals surface area contributed by atoms with Gasteiger partial charge in [0.05, 0.1) is 25.7 Å². The SMILES string of the molecule is CCOC(=O)[C@@H]1CCCN(C(=O)c2cc(OC)no2)C1. The molecule has 0 aliphatic carbocycles. The first kappa shape index (κ1) is 14.4. The van der Waals surface area contributed by atoms with Gasteiger partial charge < -0.3 is 18.9 Å². The summed E-state index contributed by atoms with van der Waals surface area (Å²) in [5, 5.41) is 3.60. The van der Waals surface area contributed by atoms with Crippen molar-refractivity contribution < 1.29 is 23.6 Å². The monoisotopic (exact) mass is 282 g/mol. The summed E-state index contributed by atoms with van der Waals surface area (Å²) < 4.78 is 14.8. The highest BCUT2D eigenvalue weighted by Gasteiger charge is 2.31. The minimum Gasteiger partial charge on any atom is -0.479 e. The number of carbonyl (C=O) groups is 2. The summed E-state index contributed by atoms with van der Waals surface area (Å²) in [5.41, 5.74) is 0. The minimum absolute atomic E-state index is 0.117. The number of esters is 1. The standard InChI is InChI=1S/C13H18N2O5/c1-3-19-13(17)9-5-4-6-15(8-9)12(16)10-7-11(18-2)14-20-10/h7,9H,3-6,8H2,1-2H3/t9-/m1/s1. The number of amides is 1. The van der Waals surface area contributed by atoms with E-state index in [2.05, 4.69) is 5.16 Å². The van der Waals surface area contributed by atoms with Crippen molar-refractivity contribution in [3.63, 3.8) is 0 Å². The molecule has 0 unspecified atom stereocenters. The maximum Gasteiger partial charge on any atom is 0.310 e. The number of hydrogen-bond donors (Lipinski definition) is 0. The Balaban J connectivity index is 2.01. The molecule has 7 heteroatoms. The Morgan fingerprint density at radius 3 is 3.00 bits per heavy atom. The quantitative estimate of drug-likeness (QED) is 0.769. The molecule has 20 heavy (non-hydrogen) atoms. The fourth-order valence-corrected chi connectivity index (χ4v) is 2.23. The number of nitrogens with zero attached hydrogens (tertiary/aromatic N) is 2. The van der Waals surface area contributed by atoms with Crippen molar-refractivity contribution >= 4 is 11.9 Å². The van der Waals surface area contributed by atoms with E-state index < -0.39 is 0 Å². The number of likely N-dealkylation sites (tertiary alicyclic amines) is 1. The molecular weight excluding hydrogens is 264 g/mol. The third kappa shape index (κ3) is 3.09. The van der Waals surface area contributed by atoms with Gasteiger partial charge in [-0.1, -0.05) is 0 Å². The number of carbonyl (C=O) groups excluding carboxylic acids is 2. The molecule has 0 saturated carbocycles. The lowest BCUT2D eigenvalue weighted by Crippen LogP contribution is -2.42. The van der Waals surface area contributed by atoms with Crippen molar-refractivity contribution in [3.05, 3.63) is 11.8 Å². The molecule has 1 aliphatic heterocycles. The van der Waals surface area contributed by atoms with Gasteiger partial charge in [-0.3, -0.25) is 9.59 Å². The lowest BCUT2D eigenvalue weighted by Gasteiger charge is -2.30. The molecule has 1 amide bonds. The minimum atomic E-state index is -0.283. The summed E-state index contributed by atoms with van der Waals surface area (Å²) in [4.78, 5) is 25.6. The van der Waals surface area contributed by atoms with E-state index in [4.69, 9.17) is 14.0 Å². The van der Waals surface area contributed by atoms with Crippen molar-refractivity contribution in [2.24, 2.45) is 5.92 Å². The van der Waals surface area contributed by atoms with Crippen LogP contribution in [0.15, 0.2) is 10.6 Å². The summed E-state index contributed by atoms with van der Waals surface area (Å²) in [5.74, 6) is -0.425. The summed E-state index contributed by atoms with van der Waals surface area (Å²) >= 11 is 0. The van der Waals surface area contributed by atoms with E-state index in [9.17, 15) is 9.59 Å². The van der Waals surface area contributed by atoms with Gasteiger partial charge in [0, 0.05) is 13.1 Å². The molecule has 0 N–H and O–H groups in total. The third-order valence-electron chi connectivity index (χ3n) is 3.24. The largest absolute Gasteiger partial charge is 0.479 e. The first-order valence-corrected chi connectivity index (χ1v) is 6.62. The van der Waals surface area contributed by atoms with Gasteiger partial charge in [0.25, 0.3) is 11.8 Å². The van der Waals surface area contributed by atoms with E-state index in [-0.39, 0.29) is 29.4 Å². The maximum absolute atomic E-state index is 12.2. The third-order valence-corrected chi connectivity index (χ3v) is 3.24. The lowest BCUT2D eigenvalue weighted by molar-refractivity contribution is -0.149. The molecule has 0 bridgehead atoms. The Labute approximate surface area is 116 Å². The van der Waals surface area contributed by atoms with Crippen LogP contribution in [-0.2, 0) is 9.53 Å². The normalized spacial score (nSPS) is 18.7. The number of hydrogen-bond acceptors (Lipinski definition) is 6. The number of aromatic nitrogens is 1. The van der Waals surface area contributed by atoms with Gasteiger partial charge >= 0.3 is 5.97 Å². The molecular formula is C13H18N2O5. The molecule has 1 aromatic rings. The molecule has 1 aliphatic rings. The number of rotatable bonds is 4. The number of piperidine rings is 1. The van der Waals surface area contributed by atoms with E-state index in [1.165, 1.54) is 13.2 Å². The first-order valence-electron chi connectivity index (χ1n) is 6.62. The molecule has 1 saturated heterocycles. The van der Waals surface area contributed by atoms with Gasteiger partial charge in [-0.15, -0.1) is 0 Å². The van der Waals surface area contributed by atoms with Crippen molar-refractivity contribution in [2.75, 3.05) is 26.8 Å². The molecule has 0 spiro atoms. The van der Waals surface area contributed by atoms with E-state index in [0.717, 1.165) is 12.8 Å². The second-order valence-corrected chi connectivity index (χ2v) is 4.58. The number of ether oxygens (including phenoxy) is 2. The van der Waals surface area contributed by atoms with Crippen LogP contribution in [0.2, 0.25) is 0 Å². The molecule has 0 radical (unpaired) electrons. The van der Waals surface area contributed by atoms with Crippen LogP contribution in [0.3, 0.4) is 0 Å². The molecule has 110 valence electrons. The average molecular weight is 282 g/mol. The van der Waals surface area contributed by atoms with Crippen LogP contribution in [-0.4, -0.2) is 48.7 Å². The van der Waals surface area contributed by atoms with Crippen LogP contribution in [0.25, 0.3) is 0 Å². The summed E-state index contributed by atoms with van der Waals surface area (Å²) in [7, 11) is 1.45. The second-order valence-electron chi connectivity index (χ2n) is 4.58. The van der Waals surface area contributed by atoms with Crippen LogP contribution < -0.4 is 4.74 Å². The number of methoxy groups -OCH3 is 1. The van der Waals surface area contributed by atoms with Crippen LogP contribution in [0.1, 0.15) is 30.3 Å². The predicted molar refractivity (Wildman–Crippen MR) is 68.3 cm³/mol. The zero-order valence-corrected chi connectivity index (χ0v) is 11.6. The van der Waals surface area contributed by atoms with Crippen molar-refractivity contribution in [3.8, 4) is 5.88 Å².